The van der Waals surface area contributed by atoms with Crippen molar-refractivity contribution in [2.45, 2.75) is 13.8 Å². The molecular weight excluding hydrogens is 89.0 g/mol. The Morgan fingerprint density at radius 3 is 1.50 bits per heavy atom. The van der Waals surface area contributed by atoms with Gasteiger partial charge in [-0.25, -0.2) is 0 Å². The van der Waals surface area contributed by atoms with Crippen molar-refractivity contribution in [1.82, 2.24) is 5.32 Å². The fraction of sp³-hybridized carbons (Fsp3) is 1.00. The first-order chi connectivity index (χ1) is 2.41. The number of hydrogen-bond donors (Lipinski definition) is 1. The molecule has 0 saturated carbocycles. The molecule has 0 amide bonds. The quantitative estimate of drug-likeness (QED) is 0.462. The predicted molar refractivity (Wildman–Crippen MR) is 34.2 cm³/mol. The summed E-state index contributed by atoms with van der Waals surface area (Å²) in [6.45, 7) is 6.39. The lowest BCUT2D eigenvalue weighted by molar-refractivity contribution is 0.762. The Bertz CT molecular complexity index is 15.0. The SMILES string of the molecule is CCNCC.[AlH3]. The minimum Gasteiger partial charge on any atom is -0.317 e. The van der Waals surface area contributed by atoms with Crippen LogP contribution in [0.25, 0.3) is 0 Å². The van der Waals surface area contributed by atoms with Crippen LogP contribution in [0.2, 0.25) is 0 Å². The second kappa shape index (κ2) is 9.09. The summed E-state index contributed by atoms with van der Waals surface area (Å²) in [4.78, 5) is 0. The Kier molecular flexibility index (Phi) is 14.7. The molecule has 0 bridgehead atoms. The third-order valence-corrected chi connectivity index (χ3v) is 0.500. The number of nitrogens with one attached hydrogen (secondary N) is 1. The van der Waals surface area contributed by atoms with Crippen LogP contribution in [0.15, 0.2) is 0 Å². The zero-order valence-corrected chi connectivity index (χ0v) is 3.91. The van der Waals surface area contributed by atoms with E-state index in [1.807, 2.05) is 0 Å². The molecule has 0 aliphatic carbocycles. The average molecular weight is 103 g/mol. The molecule has 0 radical (unpaired) electrons. The third kappa shape index (κ3) is 8.82. The molecule has 0 saturated heterocycles. The van der Waals surface area contributed by atoms with Gasteiger partial charge in [-0.1, -0.05) is 13.8 Å². The maximum Gasteiger partial charge on any atom is 0.187 e. The predicted octanol–water partition coefficient (Wildman–Crippen LogP) is -0.568. The Morgan fingerprint density at radius 1 is 1.17 bits per heavy atom. The van der Waals surface area contributed by atoms with E-state index < -0.39 is 0 Å². The minimum atomic E-state index is 0. The summed E-state index contributed by atoms with van der Waals surface area (Å²) in [5.74, 6) is 0. The molecule has 1 N–H and O–H groups in total. The molecule has 0 spiro atoms. The first-order valence-electron chi connectivity index (χ1n) is 2.12. The van der Waals surface area contributed by atoms with Crippen LogP contribution in [-0.2, 0) is 0 Å². The lowest BCUT2D eigenvalue weighted by atomic mass is 10.7. The monoisotopic (exact) mass is 103 g/mol. The van der Waals surface area contributed by atoms with Crippen molar-refractivity contribution in [3.8, 4) is 0 Å². The second-order valence-corrected chi connectivity index (χ2v) is 0.957. The van der Waals surface area contributed by atoms with Gasteiger partial charge in [-0.15, -0.1) is 0 Å². The maximum atomic E-state index is 3.11. The van der Waals surface area contributed by atoms with E-state index in [-0.39, 0.29) is 17.4 Å². The van der Waals surface area contributed by atoms with Gasteiger partial charge < -0.3 is 5.32 Å². The molecular formula is C4H14AlN. The van der Waals surface area contributed by atoms with Gasteiger partial charge in [-0.2, -0.15) is 0 Å². The van der Waals surface area contributed by atoms with Crippen LogP contribution in [0.5, 0.6) is 0 Å². The van der Waals surface area contributed by atoms with E-state index in [0.717, 1.165) is 13.1 Å². The highest BCUT2D eigenvalue weighted by Crippen LogP contribution is 1.47. The van der Waals surface area contributed by atoms with E-state index in [9.17, 15) is 0 Å². The van der Waals surface area contributed by atoms with E-state index >= 15 is 0 Å². The molecule has 0 unspecified atom stereocenters. The van der Waals surface area contributed by atoms with Gasteiger partial charge in [-0.05, 0) is 13.1 Å². The van der Waals surface area contributed by atoms with E-state index in [0.29, 0.717) is 0 Å². The molecule has 0 aliphatic rings. The molecule has 0 aromatic carbocycles. The molecule has 0 heterocycles. The first-order valence-corrected chi connectivity index (χ1v) is 2.12. The summed E-state index contributed by atoms with van der Waals surface area (Å²) in [7, 11) is 0. The van der Waals surface area contributed by atoms with Crippen molar-refractivity contribution < 1.29 is 0 Å². The zero-order valence-electron chi connectivity index (χ0n) is 3.91. The third-order valence-electron chi connectivity index (χ3n) is 0.500. The normalized spacial score (nSPS) is 7.00. The maximum absolute atomic E-state index is 3.11. The van der Waals surface area contributed by atoms with E-state index in [1.54, 1.807) is 0 Å². The van der Waals surface area contributed by atoms with Crippen molar-refractivity contribution in [3.63, 3.8) is 0 Å². The van der Waals surface area contributed by atoms with Crippen LogP contribution in [0, 0.1) is 0 Å². The van der Waals surface area contributed by atoms with E-state index in [2.05, 4.69) is 19.2 Å². The van der Waals surface area contributed by atoms with Crippen molar-refractivity contribution in [2.75, 3.05) is 13.1 Å². The first kappa shape index (κ1) is 9.70. The fourth-order valence-electron chi connectivity index (χ4n) is 0.250. The van der Waals surface area contributed by atoms with Crippen LogP contribution in [-0.4, -0.2) is 30.5 Å². The van der Waals surface area contributed by atoms with Crippen LogP contribution >= 0.6 is 0 Å². The van der Waals surface area contributed by atoms with Crippen molar-refractivity contribution >= 4 is 17.4 Å². The Hall–Kier alpha value is 0.492. The van der Waals surface area contributed by atoms with Crippen molar-refractivity contribution in [2.24, 2.45) is 0 Å². The van der Waals surface area contributed by atoms with Crippen LogP contribution in [0.3, 0.4) is 0 Å². The Balaban J connectivity index is 0. The molecule has 0 aromatic rings. The van der Waals surface area contributed by atoms with Crippen molar-refractivity contribution in [3.05, 3.63) is 0 Å². The fourth-order valence-corrected chi connectivity index (χ4v) is 0.250. The highest BCUT2D eigenvalue weighted by atomic mass is 27.0. The zero-order chi connectivity index (χ0) is 4.12. The highest BCUT2D eigenvalue weighted by Gasteiger charge is 1.62. The lowest BCUT2D eigenvalue weighted by Crippen LogP contribution is -2.09. The highest BCUT2D eigenvalue weighted by molar-refractivity contribution is 5.75. The molecule has 0 fully saturated rings. The van der Waals surface area contributed by atoms with E-state index in [4.69, 9.17) is 0 Å². The molecule has 2 heteroatoms. The average Bonchev–Trinajstić information content (AvgIpc) is 1.41. The van der Waals surface area contributed by atoms with E-state index in [1.165, 1.54) is 0 Å². The number of rotatable bonds is 2. The molecule has 0 rings (SSSR count). The Labute approximate surface area is 50.3 Å². The van der Waals surface area contributed by atoms with Gasteiger partial charge in [0.2, 0.25) is 0 Å². The van der Waals surface area contributed by atoms with Gasteiger partial charge in [0.25, 0.3) is 0 Å². The van der Waals surface area contributed by atoms with Crippen molar-refractivity contribution in [1.29, 1.82) is 0 Å². The molecule has 0 atom stereocenters. The molecule has 6 heavy (non-hydrogen) atoms. The summed E-state index contributed by atoms with van der Waals surface area (Å²) in [5.41, 5.74) is 0. The van der Waals surface area contributed by atoms with Gasteiger partial charge in [-0.3, -0.25) is 0 Å². The van der Waals surface area contributed by atoms with Gasteiger partial charge in [0.15, 0.2) is 17.4 Å². The van der Waals surface area contributed by atoms with Gasteiger partial charge in [0, 0.05) is 0 Å². The van der Waals surface area contributed by atoms with Crippen LogP contribution in [0.1, 0.15) is 13.8 Å². The van der Waals surface area contributed by atoms with Gasteiger partial charge in [0.1, 0.15) is 0 Å². The van der Waals surface area contributed by atoms with Crippen LogP contribution < -0.4 is 5.32 Å². The summed E-state index contributed by atoms with van der Waals surface area (Å²) in [5, 5.41) is 3.11. The van der Waals surface area contributed by atoms with Gasteiger partial charge in [0.05, 0.1) is 0 Å². The lowest BCUT2D eigenvalue weighted by Gasteiger charge is -1.86. The largest absolute Gasteiger partial charge is 0.317 e. The standard InChI is InChI=1S/C4H11N.Al.3H/c1-3-5-4-2;;;;/h5H,3-4H2,1-2H3;;;;. The summed E-state index contributed by atoms with van der Waals surface area (Å²) in [6, 6.07) is 0. The topological polar surface area (TPSA) is 12.0 Å². The van der Waals surface area contributed by atoms with Crippen LogP contribution in [0.4, 0.5) is 0 Å². The Morgan fingerprint density at radius 2 is 1.50 bits per heavy atom. The molecule has 38 valence electrons. The molecule has 0 aromatic heterocycles. The molecule has 1 nitrogen and oxygen atoms in total. The molecule has 0 aliphatic heterocycles. The second-order valence-electron chi connectivity index (χ2n) is 0.957. The minimum absolute atomic E-state index is 0. The summed E-state index contributed by atoms with van der Waals surface area (Å²) >= 11 is 0. The summed E-state index contributed by atoms with van der Waals surface area (Å²) < 4.78 is 0. The van der Waals surface area contributed by atoms with Gasteiger partial charge >= 0.3 is 0 Å². The smallest absolute Gasteiger partial charge is 0.187 e. The summed E-state index contributed by atoms with van der Waals surface area (Å²) in [6.07, 6.45) is 0. The number of hydrogen-bond acceptors (Lipinski definition) is 1.